The standard InChI is InChI=1S/C21H21FN4O3/c22-17-3-1-2-16(14-17)20(28)25-12-10-24(11-13-25)19(27)15-4-6-18(7-5-15)26-9-8-23-21(26)29/h1-7,14H,8-13H2,(H,23,29). The van der Waals surface area contributed by atoms with Crippen molar-refractivity contribution in [1.29, 1.82) is 0 Å². The molecule has 0 bridgehead atoms. The Balaban J connectivity index is 1.36. The van der Waals surface area contributed by atoms with E-state index in [2.05, 4.69) is 5.32 Å². The topological polar surface area (TPSA) is 73.0 Å². The molecule has 8 heteroatoms. The summed E-state index contributed by atoms with van der Waals surface area (Å²) in [6.07, 6.45) is 0. The van der Waals surface area contributed by atoms with Crippen LogP contribution < -0.4 is 10.2 Å². The Bertz CT molecular complexity index is 939. The van der Waals surface area contributed by atoms with Crippen LogP contribution in [0.1, 0.15) is 20.7 Å². The number of amides is 4. The summed E-state index contributed by atoms with van der Waals surface area (Å²) < 4.78 is 13.4. The lowest BCUT2D eigenvalue weighted by Crippen LogP contribution is -2.50. The molecular formula is C21H21FN4O3. The summed E-state index contributed by atoms with van der Waals surface area (Å²) >= 11 is 0. The Morgan fingerprint density at radius 3 is 2.00 bits per heavy atom. The highest BCUT2D eigenvalue weighted by molar-refractivity contribution is 5.97. The fourth-order valence-corrected chi connectivity index (χ4v) is 3.60. The summed E-state index contributed by atoms with van der Waals surface area (Å²) in [5.74, 6) is -0.787. The molecule has 2 aromatic rings. The highest BCUT2D eigenvalue weighted by atomic mass is 19.1. The van der Waals surface area contributed by atoms with E-state index in [1.165, 1.54) is 18.2 Å². The zero-order chi connectivity index (χ0) is 20.4. The monoisotopic (exact) mass is 396 g/mol. The predicted octanol–water partition coefficient (Wildman–Crippen LogP) is 1.95. The lowest BCUT2D eigenvalue weighted by Gasteiger charge is -2.35. The van der Waals surface area contributed by atoms with Crippen LogP contribution in [0.5, 0.6) is 0 Å². The van der Waals surface area contributed by atoms with Gasteiger partial charge in [0.05, 0.1) is 0 Å². The molecule has 4 amide bonds. The maximum atomic E-state index is 13.4. The number of carbonyl (C=O) groups is 3. The molecule has 2 fully saturated rings. The summed E-state index contributed by atoms with van der Waals surface area (Å²) in [7, 11) is 0. The van der Waals surface area contributed by atoms with Gasteiger partial charge < -0.3 is 15.1 Å². The quantitative estimate of drug-likeness (QED) is 0.862. The molecule has 0 radical (unpaired) electrons. The van der Waals surface area contributed by atoms with Gasteiger partial charge in [-0.25, -0.2) is 9.18 Å². The summed E-state index contributed by atoms with van der Waals surface area (Å²) in [5, 5.41) is 2.74. The minimum atomic E-state index is -0.445. The van der Waals surface area contributed by atoms with Gasteiger partial charge in [-0.05, 0) is 42.5 Å². The zero-order valence-electron chi connectivity index (χ0n) is 15.8. The Morgan fingerprint density at radius 2 is 1.45 bits per heavy atom. The first-order valence-corrected chi connectivity index (χ1v) is 9.52. The highest BCUT2D eigenvalue weighted by Gasteiger charge is 2.26. The van der Waals surface area contributed by atoms with Crippen LogP contribution in [0.3, 0.4) is 0 Å². The van der Waals surface area contributed by atoms with Crippen LogP contribution in [-0.2, 0) is 0 Å². The third-order valence-electron chi connectivity index (χ3n) is 5.21. The molecule has 0 aliphatic carbocycles. The molecule has 150 valence electrons. The molecule has 2 aliphatic heterocycles. The molecule has 1 N–H and O–H groups in total. The van der Waals surface area contributed by atoms with Crippen molar-refractivity contribution in [1.82, 2.24) is 15.1 Å². The molecule has 2 saturated heterocycles. The highest BCUT2D eigenvalue weighted by Crippen LogP contribution is 2.19. The number of anilines is 1. The minimum absolute atomic E-state index is 0.111. The molecule has 0 aromatic heterocycles. The fourth-order valence-electron chi connectivity index (χ4n) is 3.60. The summed E-state index contributed by atoms with van der Waals surface area (Å²) in [5.41, 5.74) is 1.60. The Labute approximate surface area is 167 Å². The number of piperazine rings is 1. The van der Waals surface area contributed by atoms with Gasteiger partial charge in [-0.15, -0.1) is 0 Å². The van der Waals surface area contributed by atoms with Crippen molar-refractivity contribution < 1.29 is 18.8 Å². The second-order valence-corrected chi connectivity index (χ2v) is 7.03. The summed E-state index contributed by atoms with van der Waals surface area (Å²) in [4.78, 5) is 42.0. The molecule has 4 rings (SSSR count). The van der Waals surface area contributed by atoms with Gasteiger partial charge in [-0.3, -0.25) is 14.5 Å². The number of carbonyl (C=O) groups excluding carboxylic acids is 3. The van der Waals surface area contributed by atoms with E-state index < -0.39 is 5.82 Å². The number of halogens is 1. The van der Waals surface area contributed by atoms with E-state index in [0.29, 0.717) is 50.4 Å². The van der Waals surface area contributed by atoms with Gasteiger partial charge in [0.25, 0.3) is 11.8 Å². The summed E-state index contributed by atoms with van der Waals surface area (Å²) in [6.45, 7) is 2.83. The van der Waals surface area contributed by atoms with Crippen molar-refractivity contribution in [3.8, 4) is 0 Å². The molecule has 2 aliphatic rings. The fraction of sp³-hybridized carbons (Fsp3) is 0.286. The van der Waals surface area contributed by atoms with E-state index in [0.717, 1.165) is 5.69 Å². The number of benzene rings is 2. The van der Waals surface area contributed by atoms with E-state index in [1.54, 1.807) is 45.0 Å². The van der Waals surface area contributed by atoms with Crippen molar-refractivity contribution in [2.75, 3.05) is 44.2 Å². The Hall–Kier alpha value is -3.42. The van der Waals surface area contributed by atoms with Gasteiger partial charge in [0.15, 0.2) is 0 Å². The van der Waals surface area contributed by atoms with E-state index in [4.69, 9.17) is 0 Å². The van der Waals surface area contributed by atoms with Crippen molar-refractivity contribution in [2.24, 2.45) is 0 Å². The second-order valence-electron chi connectivity index (χ2n) is 7.03. The van der Waals surface area contributed by atoms with Crippen molar-refractivity contribution in [3.05, 3.63) is 65.5 Å². The van der Waals surface area contributed by atoms with Gasteiger partial charge in [-0.2, -0.15) is 0 Å². The Morgan fingerprint density at radius 1 is 0.828 bits per heavy atom. The van der Waals surface area contributed by atoms with Crippen LogP contribution in [0.2, 0.25) is 0 Å². The van der Waals surface area contributed by atoms with Gasteiger partial charge in [0, 0.05) is 56.1 Å². The van der Waals surface area contributed by atoms with Crippen LogP contribution in [-0.4, -0.2) is 66.9 Å². The first-order valence-electron chi connectivity index (χ1n) is 9.52. The van der Waals surface area contributed by atoms with Crippen LogP contribution in [0, 0.1) is 5.82 Å². The number of hydrogen-bond acceptors (Lipinski definition) is 3. The smallest absolute Gasteiger partial charge is 0.321 e. The van der Waals surface area contributed by atoms with Crippen LogP contribution in [0.4, 0.5) is 14.9 Å². The van der Waals surface area contributed by atoms with E-state index >= 15 is 0 Å². The molecule has 2 heterocycles. The number of hydrogen-bond donors (Lipinski definition) is 1. The van der Waals surface area contributed by atoms with Gasteiger partial charge in [-0.1, -0.05) is 6.07 Å². The largest absolute Gasteiger partial charge is 0.336 e. The number of nitrogens with zero attached hydrogens (tertiary/aromatic N) is 3. The molecule has 2 aromatic carbocycles. The first kappa shape index (κ1) is 18.9. The first-order chi connectivity index (χ1) is 14.0. The maximum absolute atomic E-state index is 13.4. The van der Waals surface area contributed by atoms with Gasteiger partial charge in [0.1, 0.15) is 5.82 Å². The van der Waals surface area contributed by atoms with Crippen molar-refractivity contribution in [3.63, 3.8) is 0 Å². The lowest BCUT2D eigenvalue weighted by molar-refractivity contribution is 0.0535. The van der Waals surface area contributed by atoms with Gasteiger partial charge in [0.2, 0.25) is 0 Å². The predicted molar refractivity (Wildman–Crippen MR) is 105 cm³/mol. The number of nitrogens with one attached hydrogen (secondary N) is 1. The van der Waals surface area contributed by atoms with Crippen molar-refractivity contribution in [2.45, 2.75) is 0 Å². The maximum Gasteiger partial charge on any atom is 0.321 e. The molecule has 0 unspecified atom stereocenters. The van der Waals surface area contributed by atoms with E-state index in [1.807, 2.05) is 0 Å². The molecule has 29 heavy (non-hydrogen) atoms. The molecular weight excluding hydrogens is 375 g/mol. The zero-order valence-corrected chi connectivity index (χ0v) is 15.8. The molecule has 0 atom stereocenters. The normalized spacial score (nSPS) is 16.7. The van der Waals surface area contributed by atoms with E-state index in [-0.39, 0.29) is 17.8 Å². The minimum Gasteiger partial charge on any atom is -0.336 e. The van der Waals surface area contributed by atoms with Crippen molar-refractivity contribution >= 4 is 23.5 Å². The molecule has 0 saturated carbocycles. The number of urea groups is 1. The molecule has 0 spiro atoms. The lowest BCUT2D eigenvalue weighted by atomic mass is 10.1. The Kier molecular flexibility index (Phi) is 5.16. The SMILES string of the molecule is O=C(c1ccc(N2CCNC2=O)cc1)N1CCN(C(=O)c2cccc(F)c2)CC1. The second kappa shape index (κ2) is 7.90. The van der Waals surface area contributed by atoms with E-state index in [9.17, 15) is 18.8 Å². The van der Waals surface area contributed by atoms with Crippen LogP contribution >= 0.6 is 0 Å². The van der Waals surface area contributed by atoms with Gasteiger partial charge >= 0.3 is 6.03 Å². The van der Waals surface area contributed by atoms with Crippen LogP contribution in [0.25, 0.3) is 0 Å². The number of rotatable bonds is 3. The third kappa shape index (κ3) is 3.91. The molecule has 7 nitrogen and oxygen atoms in total. The summed E-state index contributed by atoms with van der Waals surface area (Å²) in [6, 6.07) is 12.5. The van der Waals surface area contributed by atoms with Crippen LogP contribution in [0.15, 0.2) is 48.5 Å². The average Bonchev–Trinajstić information content (AvgIpc) is 3.19. The average molecular weight is 396 g/mol. The third-order valence-corrected chi connectivity index (χ3v) is 5.21.